The molecule has 1 atom stereocenters. The van der Waals surface area contributed by atoms with E-state index in [4.69, 9.17) is 4.74 Å². The second-order valence-electron chi connectivity index (χ2n) is 5.17. The number of methoxy groups -OCH3 is 1. The van der Waals surface area contributed by atoms with Gasteiger partial charge in [-0.25, -0.2) is 0 Å². The first-order valence-electron chi connectivity index (χ1n) is 6.57. The highest BCUT2D eigenvalue weighted by Crippen LogP contribution is 2.27. The van der Waals surface area contributed by atoms with Gasteiger partial charge >= 0.3 is 0 Å². The van der Waals surface area contributed by atoms with Crippen LogP contribution in [0, 0.1) is 5.92 Å². The first-order valence-corrected chi connectivity index (χ1v) is 6.57. The van der Waals surface area contributed by atoms with Gasteiger partial charge in [-0.05, 0) is 32.9 Å². The van der Waals surface area contributed by atoms with Crippen LogP contribution in [0.4, 0.5) is 0 Å². The summed E-state index contributed by atoms with van der Waals surface area (Å²) in [6.45, 7) is 0.894. The molecule has 1 rings (SSSR count). The van der Waals surface area contributed by atoms with E-state index in [-0.39, 0.29) is 12.5 Å². The van der Waals surface area contributed by atoms with Crippen molar-refractivity contribution in [1.82, 2.24) is 10.2 Å². The van der Waals surface area contributed by atoms with E-state index < -0.39 is 0 Å². The molecule has 1 N–H and O–H groups in total. The summed E-state index contributed by atoms with van der Waals surface area (Å²) in [5.74, 6) is 0.705. The monoisotopic (exact) mass is 242 g/mol. The van der Waals surface area contributed by atoms with Crippen molar-refractivity contribution in [1.29, 1.82) is 0 Å². The Morgan fingerprint density at radius 1 is 1.35 bits per heavy atom. The lowest BCUT2D eigenvalue weighted by Crippen LogP contribution is -2.46. The van der Waals surface area contributed by atoms with Crippen LogP contribution >= 0.6 is 0 Å². The quantitative estimate of drug-likeness (QED) is 0.762. The lowest BCUT2D eigenvalue weighted by atomic mass is 9.83. The van der Waals surface area contributed by atoms with Crippen molar-refractivity contribution in [2.45, 2.75) is 38.1 Å². The smallest absolute Gasteiger partial charge is 0.246 e. The molecule has 0 aliphatic heterocycles. The third kappa shape index (κ3) is 5.04. The molecule has 0 aromatic heterocycles. The molecule has 0 unspecified atom stereocenters. The maximum atomic E-state index is 11.4. The molecule has 0 aromatic rings. The fourth-order valence-electron chi connectivity index (χ4n) is 2.69. The summed E-state index contributed by atoms with van der Waals surface area (Å²) in [7, 11) is 5.74. The number of nitrogens with one attached hydrogen (secondary N) is 1. The van der Waals surface area contributed by atoms with Crippen LogP contribution in [0.5, 0.6) is 0 Å². The van der Waals surface area contributed by atoms with Crippen LogP contribution in [0.1, 0.15) is 32.1 Å². The average molecular weight is 242 g/mol. The van der Waals surface area contributed by atoms with Crippen LogP contribution in [-0.2, 0) is 9.53 Å². The maximum Gasteiger partial charge on any atom is 0.246 e. The molecule has 0 aromatic carbocycles. The van der Waals surface area contributed by atoms with Gasteiger partial charge in [-0.3, -0.25) is 4.79 Å². The molecular weight excluding hydrogens is 216 g/mol. The molecule has 1 aliphatic rings. The minimum absolute atomic E-state index is 0.0184. The maximum absolute atomic E-state index is 11.4. The highest BCUT2D eigenvalue weighted by atomic mass is 16.5. The van der Waals surface area contributed by atoms with Gasteiger partial charge in [0.1, 0.15) is 6.61 Å². The summed E-state index contributed by atoms with van der Waals surface area (Å²) in [6, 6.07) is 0.455. The summed E-state index contributed by atoms with van der Waals surface area (Å²) in [5, 5.41) is 2.96. The Bertz CT molecular complexity index is 225. The number of hydrogen-bond acceptors (Lipinski definition) is 3. The molecule has 0 radical (unpaired) electrons. The Kier molecular flexibility index (Phi) is 6.52. The van der Waals surface area contributed by atoms with Gasteiger partial charge in [-0.2, -0.15) is 0 Å². The van der Waals surface area contributed by atoms with Crippen LogP contribution in [0.15, 0.2) is 0 Å². The first-order chi connectivity index (χ1) is 8.15. The zero-order valence-corrected chi connectivity index (χ0v) is 11.4. The van der Waals surface area contributed by atoms with Gasteiger partial charge < -0.3 is 15.0 Å². The predicted octanol–water partition coefficient (Wildman–Crippen LogP) is 1.26. The minimum Gasteiger partial charge on any atom is -0.375 e. The van der Waals surface area contributed by atoms with E-state index in [9.17, 15) is 4.79 Å². The van der Waals surface area contributed by atoms with Crippen molar-refractivity contribution in [3.63, 3.8) is 0 Å². The molecule has 1 saturated carbocycles. The second kappa shape index (κ2) is 7.67. The summed E-state index contributed by atoms with van der Waals surface area (Å²) in [4.78, 5) is 13.6. The molecule has 4 nitrogen and oxygen atoms in total. The van der Waals surface area contributed by atoms with E-state index in [0.717, 1.165) is 12.5 Å². The molecular formula is C13H26N2O2. The van der Waals surface area contributed by atoms with Crippen LogP contribution < -0.4 is 5.32 Å². The van der Waals surface area contributed by atoms with Gasteiger partial charge in [0.25, 0.3) is 0 Å². The van der Waals surface area contributed by atoms with E-state index in [1.165, 1.54) is 32.1 Å². The summed E-state index contributed by atoms with van der Waals surface area (Å²) < 4.78 is 4.82. The second-order valence-corrected chi connectivity index (χ2v) is 5.17. The third-order valence-corrected chi connectivity index (χ3v) is 3.64. The lowest BCUT2D eigenvalue weighted by molar-refractivity contribution is -0.125. The Balaban J connectivity index is 2.39. The van der Waals surface area contributed by atoms with Gasteiger partial charge in [0.2, 0.25) is 5.91 Å². The molecule has 4 heteroatoms. The van der Waals surface area contributed by atoms with Crippen LogP contribution in [-0.4, -0.2) is 51.2 Å². The third-order valence-electron chi connectivity index (χ3n) is 3.64. The number of carbonyl (C=O) groups excluding carboxylic acids is 1. The SMILES string of the molecule is COCC(=O)NC[C@@H](C1CCCCC1)N(C)C. The summed E-state index contributed by atoms with van der Waals surface area (Å²) in [5.41, 5.74) is 0. The molecule has 1 aliphatic carbocycles. The summed E-state index contributed by atoms with van der Waals surface area (Å²) >= 11 is 0. The number of carbonyl (C=O) groups is 1. The van der Waals surface area contributed by atoms with Crippen LogP contribution in [0.3, 0.4) is 0 Å². The lowest BCUT2D eigenvalue weighted by Gasteiger charge is -2.34. The fourth-order valence-corrected chi connectivity index (χ4v) is 2.69. The zero-order valence-electron chi connectivity index (χ0n) is 11.4. The highest BCUT2D eigenvalue weighted by molar-refractivity contribution is 5.77. The number of nitrogens with zero attached hydrogens (tertiary/aromatic N) is 1. The Hall–Kier alpha value is -0.610. The number of amides is 1. The van der Waals surface area contributed by atoms with Gasteiger partial charge in [-0.1, -0.05) is 19.3 Å². The van der Waals surface area contributed by atoms with Crippen molar-refractivity contribution in [2.75, 3.05) is 34.4 Å². The predicted molar refractivity (Wildman–Crippen MR) is 68.9 cm³/mol. The Morgan fingerprint density at radius 2 is 2.00 bits per heavy atom. The van der Waals surface area contributed by atoms with Gasteiger partial charge in [-0.15, -0.1) is 0 Å². The van der Waals surface area contributed by atoms with Crippen LogP contribution in [0.25, 0.3) is 0 Å². The standard InChI is InChI=1S/C13H26N2O2/c1-15(2)12(9-14-13(16)10-17-3)11-7-5-4-6-8-11/h11-12H,4-10H2,1-3H3,(H,14,16)/t12-/m0/s1. The Labute approximate surface area is 105 Å². The van der Waals surface area contributed by atoms with Crippen molar-refractivity contribution in [3.05, 3.63) is 0 Å². The highest BCUT2D eigenvalue weighted by Gasteiger charge is 2.25. The largest absolute Gasteiger partial charge is 0.375 e. The van der Waals surface area contributed by atoms with E-state index in [0.29, 0.717) is 6.04 Å². The molecule has 0 heterocycles. The number of rotatable bonds is 6. The molecule has 0 bridgehead atoms. The topological polar surface area (TPSA) is 41.6 Å². The fraction of sp³-hybridized carbons (Fsp3) is 0.923. The summed E-state index contributed by atoms with van der Waals surface area (Å²) in [6.07, 6.45) is 6.63. The first kappa shape index (κ1) is 14.5. The van der Waals surface area contributed by atoms with Crippen molar-refractivity contribution >= 4 is 5.91 Å². The molecule has 17 heavy (non-hydrogen) atoms. The zero-order chi connectivity index (χ0) is 12.7. The number of hydrogen-bond donors (Lipinski definition) is 1. The van der Waals surface area contributed by atoms with Crippen LogP contribution in [0.2, 0.25) is 0 Å². The van der Waals surface area contributed by atoms with Gasteiger partial charge in [0.15, 0.2) is 0 Å². The average Bonchev–Trinajstić information content (AvgIpc) is 2.30. The Morgan fingerprint density at radius 3 is 2.53 bits per heavy atom. The van der Waals surface area contributed by atoms with Crippen molar-refractivity contribution < 1.29 is 9.53 Å². The molecule has 0 spiro atoms. The van der Waals surface area contributed by atoms with E-state index >= 15 is 0 Å². The minimum atomic E-state index is -0.0184. The normalized spacial score (nSPS) is 19.3. The molecule has 1 fully saturated rings. The van der Waals surface area contributed by atoms with E-state index in [2.05, 4.69) is 24.3 Å². The van der Waals surface area contributed by atoms with Crippen molar-refractivity contribution in [2.24, 2.45) is 5.92 Å². The number of ether oxygens (including phenoxy) is 1. The molecule has 1 amide bonds. The number of likely N-dealkylation sites (N-methyl/N-ethyl adjacent to an activating group) is 1. The molecule has 100 valence electrons. The van der Waals surface area contributed by atoms with Gasteiger partial charge in [0, 0.05) is 19.7 Å². The van der Waals surface area contributed by atoms with Gasteiger partial charge in [0.05, 0.1) is 0 Å². The van der Waals surface area contributed by atoms with Crippen molar-refractivity contribution in [3.8, 4) is 0 Å². The van der Waals surface area contributed by atoms with E-state index in [1.54, 1.807) is 7.11 Å². The van der Waals surface area contributed by atoms with E-state index in [1.807, 2.05) is 0 Å². The molecule has 0 saturated heterocycles.